The van der Waals surface area contributed by atoms with Crippen molar-refractivity contribution < 1.29 is 27.9 Å². The summed E-state index contributed by atoms with van der Waals surface area (Å²) in [5.74, 6) is -0.459. The van der Waals surface area contributed by atoms with Crippen LogP contribution in [0.5, 0.6) is 5.75 Å². The molecule has 1 aliphatic heterocycles. The first-order valence-electron chi connectivity index (χ1n) is 11.7. The first-order valence-corrected chi connectivity index (χ1v) is 13.6. The molecule has 3 aromatic rings. The van der Waals surface area contributed by atoms with Crippen LogP contribution in [0.25, 0.3) is 0 Å². The maximum absolute atomic E-state index is 13.4. The van der Waals surface area contributed by atoms with Gasteiger partial charge in [0.2, 0.25) is 10.0 Å². The number of hydrogen-bond donors (Lipinski definition) is 3. The van der Waals surface area contributed by atoms with Crippen molar-refractivity contribution in [3.63, 3.8) is 0 Å². The Hall–Kier alpha value is -3.89. The molecule has 194 valence electrons. The number of amides is 2. The second-order valence-electron chi connectivity index (χ2n) is 8.95. The molecule has 0 saturated heterocycles. The Morgan fingerprint density at radius 2 is 1.62 bits per heavy atom. The molecule has 3 N–H and O–H groups in total. The number of benzene rings is 3. The molecule has 10 heteroatoms. The zero-order valence-corrected chi connectivity index (χ0v) is 21.4. The lowest BCUT2D eigenvalue weighted by Crippen LogP contribution is -2.39. The highest BCUT2D eigenvalue weighted by Gasteiger charge is 2.23. The van der Waals surface area contributed by atoms with Gasteiger partial charge in [0.1, 0.15) is 12.4 Å². The topological polar surface area (TPSA) is 125 Å². The summed E-state index contributed by atoms with van der Waals surface area (Å²) in [7, 11) is -2.32. The van der Waals surface area contributed by atoms with Crippen LogP contribution >= 0.6 is 0 Å². The number of aliphatic hydroxyl groups excluding tert-OH is 1. The summed E-state index contributed by atoms with van der Waals surface area (Å²) in [4.78, 5) is 26.6. The summed E-state index contributed by atoms with van der Waals surface area (Å²) in [6.45, 7) is -0.182. The highest BCUT2D eigenvalue weighted by atomic mass is 32.2. The third-order valence-corrected chi connectivity index (χ3v) is 7.37. The second-order valence-corrected chi connectivity index (χ2v) is 11.0. The first kappa shape index (κ1) is 26.2. The molecule has 3 aromatic carbocycles. The van der Waals surface area contributed by atoms with E-state index in [0.717, 1.165) is 21.7 Å². The Kier molecular flexibility index (Phi) is 7.80. The van der Waals surface area contributed by atoms with Gasteiger partial charge in [-0.05, 0) is 47.9 Å². The maximum Gasteiger partial charge on any atom is 0.251 e. The molecule has 2 atom stereocenters. The molecule has 0 aliphatic carbocycles. The van der Waals surface area contributed by atoms with Crippen LogP contribution < -0.4 is 19.7 Å². The molecule has 37 heavy (non-hydrogen) atoms. The molecule has 0 fully saturated rings. The molecule has 1 aliphatic rings. The van der Waals surface area contributed by atoms with E-state index < -0.39 is 33.9 Å². The van der Waals surface area contributed by atoms with E-state index in [2.05, 4.69) is 10.6 Å². The van der Waals surface area contributed by atoms with E-state index in [-0.39, 0.29) is 30.0 Å². The normalized spacial score (nSPS) is 18.5. The van der Waals surface area contributed by atoms with Gasteiger partial charge in [-0.15, -0.1) is 0 Å². The number of nitrogens with zero attached hydrogens (tertiary/aromatic N) is 1. The smallest absolute Gasteiger partial charge is 0.251 e. The number of nitrogens with one attached hydrogen (secondary N) is 2. The summed E-state index contributed by atoms with van der Waals surface area (Å²) in [5, 5.41) is 15.7. The van der Waals surface area contributed by atoms with Crippen molar-refractivity contribution in [1.29, 1.82) is 0 Å². The molecule has 0 radical (unpaired) electrons. The maximum atomic E-state index is 13.4. The minimum atomic E-state index is -3.66. The number of carbonyl (C=O) groups excluding carboxylic acids is 2. The number of fused-ring (bicyclic) bond motifs is 4. The fourth-order valence-electron chi connectivity index (χ4n) is 4.05. The average Bonchev–Trinajstić information content (AvgIpc) is 2.89. The van der Waals surface area contributed by atoms with Crippen molar-refractivity contribution in [3.8, 4) is 5.75 Å². The monoisotopic (exact) mass is 523 g/mol. The molecule has 0 aromatic heterocycles. The lowest BCUT2D eigenvalue weighted by Gasteiger charge is -2.22. The van der Waals surface area contributed by atoms with Crippen LogP contribution in [0.2, 0.25) is 0 Å². The first-order chi connectivity index (χ1) is 17.6. The molecule has 0 saturated carbocycles. The molecule has 0 spiro atoms. The van der Waals surface area contributed by atoms with E-state index in [1.54, 1.807) is 6.07 Å². The molecular weight excluding hydrogens is 494 g/mol. The average molecular weight is 524 g/mol. The van der Waals surface area contributed by atoms with Gasteiger partial charge in [-0.2, -0.15) is 0 Å². The number of carbonyl (C=O) groups is 2. The van der Waals surface area contributed by atoms with E-state index in [9.17, 15) is 23.1 Å². The Labute approximate surface area is 216 Å². The number of hydrogen-bond acceptors (Lipinski definition) is 6. The van der Waals surface area contributed by atoms with Crippen LogP contribution in [0, 0.1) is 0 Å². The lowest BCUT2D eigenvalue weighted by atomic mass is 10.0. The third-order valence-electron chi connectivity index (χ3n) is 6.16. The van der Waals surface area contributed by atoms with Gasteiger partial charge in [0.15, 0.2) is 0 Å². The Bertz CT molecular complexity index is 1390. The van der Waals surface area contributed by atoms with Crippen molar-refractivity contribution in [3.05, 3.63) is 95.1 Å². The van der Waals surface area contributed by atoms with E-state index >= 15 is 0 Å². The SMILES string of the molecule is CN(c1cc2cc(c1)C(=O)N[C@@H](c1ccccc1)COc1cccc(c1)CC(CO)NC2=O)S(C)(=O)=O. The molecule has 1 unspecified atom stereocenters. The van der Waals surface area contributed by atoms with Crippen LogP contribution in [0.4, 0.5) is 5.69 Å². The van der Waals surface area contributed by atoms with Crippen LogP contribution in [-0.2, 0) is 16.4 Å². The van der Waals surface area contributed by atoms with Gasteiger partial charge in [0, 0.05) is 18.2 Å². The van der Waals surface area contributed by atoms with Gasteiger partial charge in [-0.3, -0.25) is 13.9 Å². The highest BCUT2D eigenvalue weighted by Crippen LogP contribution is 2.24. The number of anilines is 1. The predicted molar refractivity (Wildman–Crippen MR) is 140 cm³/mol. The molecule has 4 bridgehead atoms. The zero-order chi connectivity index (χ0) is 26.6. The predicted octanol–water partition coefficient (Wildman–Crippen LogP) is 2.28. The summed E-state index contributed by atoms with van der Waals surface area (Å²) in [6, 6.07) is 19.7. The Morgan fingerprint density at radius 3 is 2.27 bits per heavy atom. The van der Waals surface area contributed by atoms with Crippen LogP contribution in [0.1, 0.15) is 37.9 Å². The van der Waals surface area contributed by atoms with Crippen LogP contribution in [-0.4, -0.2) is 57.9 Å². The van der Waals surface area contributed by atoms with Crippen LogP contribution in [0.3, 0.4) is 0 Å². The minimum Gasteiger partial charge on any atom is -0.491 e. The Morgan fingerprint density at radius 1 is 0.946 bits per heavy atom. The highest BCUT2D eigenvalue weighted by molar-refractivity contribution is 7.92. The zero-order valence-electron chi connectivity index (χ0n) is 20.5. The van der Waals surface area contributed by atoms with E-state index in [1.807, 2.05) is 48.5 Å². The fraction of sp³-hybridized carbons (Fsp3) is 0.259. The van der Waals surface area contributed by atoms with Crippen molar-refractivity contribution in [2.24, 2.45) is 0 Å². The lowest BCUT2D eigenvalue weighted by molar-refractivity contribution is 0.0916. The summed E-state index contributed by atoms with van der Waals surface area (Å²) < 4.78 is 31.5. The summed E-state index contributed by atoms with van der Waals surface area (Å²) >= 11 is 0. The number of aliphatic hydroxyl groups is 1. The molecular formula is C27H29N3O6S. The number of ether oxygens (including phenoxy) is 1. The van der Waals surface area contributed by atoms with Crippen molar-refractivity contribution in [2.75, 3.05) is 30.8 Å². The summed E-state index contributed by atoms with van der Waals surface area (Å²) in [6.07, 6.45) is 1.38. The van der Waals surface area contributed by atoms with Gasteiger partial charge in [0.05, 0.1) is 30.6 Å². The largest absolute Gasteiger partial charge is 0.491 e. The molecule has 1 heterocycles. The fourth-order valence-corrected chi connectivity index (χ4v) is 4.54. The second kappa shape index (κ2) is 11.0. The summed E-state index contributed by atoms with van der Waals surface area (Å²) in [5.41, 5.74) is 2.02. The van der Waals surface area contributed by atoms with Crippen molar-refractivity contribution in [2.45, 2.75) is 18.5 Å². The van der Waals surface area contributed by atoms with Crippen molar-refractivity contribution in [1.82, 2.24) is 10.6 Å². The minimum absolute atomic E-state index is 0.0905. The van der Waals surface area contributed by atoms with Gasteiger partial charge >= 0.3 is 0 Å². The van der Waals surface area contributed by atoms with Gasteiger partial charge in [-0.25, -0.2) is 8.42 Å². The van der Waals surface area contributed by atoms with Crippen molar-refractivity contribution >= 4 is 27.5 Å². The Balaban J connectivity index is 1.81. The van der Waals surface area contributed by atoms with E-state index in [0.29, 0.717) is 12.2 Å². The molecule has 9 nitrogen and oxygen atoms in total. The molecule has 4 rings (SSSR count). The van der Waals surface area contributed by atoms with E-state index in [1.165, 1.54) is 25.2 Å². The number of sulfonamides is 1. The van der Waals surface area contributed by atoms with Gasteiger partial charge in [-0.1, -0.05) is 42.5 Å². The van der Waals surface area contributed by atoms with E-state index in [4.69, 9.17) is 4.74 Å². The number of rotatable bonds is 4. The quantitative estimate of drug-likeness (QED) is 0.482. The van der Waals surface area contributed by atoms with Gasteiger partial charge < -0.3 is 20.5 Å². The third kappa shape index (κ3) is 6.46. The molecule has 2 amide bonds. The van der Waals surface area contributed by atoms with Crippen LogP contribution in [0.15, 0.2) is 72.8 Å². The van der Waals surface area contributed by atoms with Gasteiger partial charge in [0.25, 0.3) is 11.8 Å². The standard InChI is InChI=1S/C27H29N3O6S/c1-30(37(2,34)35)23-14-20-13-21(15-23)27(33)29-25(19-8-4-3-5-9-19)17-36-24-10-6-7-18(12-24)11-22(16-31)28-26(20)32/h3-10,12-15,22,25,31H,11,16-17H2,1-2H3,(H,28,32)(H,29,33)/t22?,25-/m1/s1.